The van der Waals surface area contributed by atoms with E-state index in [0.29, 0.717) is 11.9 Å². The second-order valence-corrected chi connectivity index (χ2v) is 2.89. The molecule has 1 aromatic heterocycles. The topological polar surface area (TPSA) is 63.0 Å². The molecule has 0 radical (unpaired) electrons. The molecule has 2 heterocycles. The van der Waals surface area contributed by atoms with Crippen LogP contribution in [-0.2, 0) is 6.42 Å². The summed E-state index contributed by atoms with van der Waals surface area (Å²) in [4.78, 5) is 3.92. The van der Waals surface area contributed by atoms with Gasteiger partial charge in [-0.1, -0.05) is 5.16 Å². The highest BCUT2D eigenvalue weighted by Gasteiger charge is 2.15. The van der Waals surface area contributed by atoms with E-state index < -0.39 is 0 Å². The third-order valence-electron chi connectivity index (χ3n) is 1.96. The van der Waals surface area contributed by atoms with E-state index in [0.717, 1.165) is 26.1 Å². The molecule has 1 aliphatic heterocycles. The van der Waals surface area contributed by atoms with Crippen LogP contribution < -0.4 is 10.6 Å². The molecule has 1 aliphatic rings. The average molecular weight is 168 g/mol. The van der Waals surface area contributed by atoms with Crippen molar-refractivity contribution < 1.29 is 4.52 Å². The molecule has 0 unspecified atom stereocenters. The summed E-state index contributed by atoms with van der Waals surface area (Å²) in [6.45, 7) is 3.06. The molecule has 0 saturated carbocycles. The Labute approximate surface area is 70.5 Å². The lowest BCUT2D eigenvalue weighted by Crippen LogP contribution is -2.55. The Bertz CT molecular complexity index is 219. The van der Waals surface area contributed by atoms with Gasteiger partial charge in [-0.25, -0.2) is 0 Å². The van der Waals surface area contributed by atoms with Crippen molar-refractivity contribution in [1.29, 1.82) is 0 Å². The third-order valence-corrected chi connectivity index (χ3v) is 1.96. The van der Waals surface area contributed by atoms with E-state index in [2.05, 4.69) is 20.8 Å². The van der Waals surface area contributed by atoms with Crippen molar-refractivity contribution in [2.75, 3.05) is 19.6 Å². The molecule has 2 N–H and O–H groups in total. The largest absolute Gasteiger partial charge is 0.340 e. The van der Waals surface area contributed by atoms with Crippen molar-refractivity contribution in [1.82, 2.24) is 20.8 Å². The van der Waals surface area contributed by atoms with Crippen LogP contribution in [0.3, 0.4) is 0 Å². The molecule has 0 atom stereocenters. The van der Waals surface area contributed by atoms with Crippen molar-refractivity contribution in [3.8, 4) is 0 Å². The van der Waals surface area contributed by atoms with E-state index in [9.17, 15) is 0 Å². The van der Waals surface area contributed by atoms with Gasteiger partial charge in [0.2, 0.25) is 5.89 Å². The summed E-state index contributed by atoms with van der Waals surface area (Å²) >= 11 is 0. The molecule has 1 saturated heterocycles. The number of aromatic nitrogens is 2. The number of rotatable bonds is 4. The molecule has 0 bridgehead atoms. The second kappa shape index (κ2) is 3.64. The quantitative estimate of drug-likeness (QED) is 0.614. The van der Waals surface area contributed by atoms with Crippen LogP contribution in [-0.4, -0.2) is 35.8 Å². The van der Waals surface area contributed by atoms with Crippen LogP contribution in [0.5, 0.6) is 0 Å². The van der Waals surface area contributed by atoms with E-state index >= 15 is 0 Å². The molecular formula is C7H12N4O. The Balaban J connectivity index is 1.62. The molecule has 0 spiro atoms. The number of nitrogens with one attached hydrogen (secondary N) is 2. The molecule has 1 aromatic rings. The Kier molecular flexibility index (Phi) is 2.33. The van der Waals surface area contributed by atoms with Crippen molar-refractivity contribution in [3.05, 3.63) is 12.2 Å². The lowest BCUT2D eigenvalue weighted by atomic mass is 10.2. The summed E-state index contributed by atoms with van der Waals surface area (Å²) in [5, 5.41) is 10.1. The highest BCUT2D eigenvalue weighted by atomic mass is 16.5. The molecule has 5 nitrogen and oxygen atoms in total. The maximum absolute atomic E-state index is 4.85. The van der Waals surface area contributed by atoms with Gasteiger partial charge in [-0.2, -0.15) is 4.98 Å². The van der Waals surface area contributed by atoms with Gasteiger partial charge in [0.05, 0.1) is 0 Å². The smallest absolute Gasteiger partial charge is 0.227 e. The van der Waals surface area contributed by atoms with Crippen LogP contribution >= 0.6 is 0 Å². The van der Waals surface area contributed by atoms with E-state index in [4.69, 9.17) is 4.52 Å². The van der Waals surface area contributed by atoms with Crippen LogP contribution in [0, 0.1) is 0 Å². The normalized spacial score (nSPS) is 17.7. The molecule has 66 valence electrons. The molecule has 0 amide bonds. The highest BCUT2D eigenvalue weighted by molar-refractivity contribution is 4.83. The first kappa shape index (κ1) is 7.70. The Morgan fingerprint density at radius 2 is 2.58 bits per heavy atom. The predicted molar refractivity (Wildman–Crippen MR) is 42.7 cm³/mol. The average Bonchev–Trinajstić information content (AvgIpc) is 2.46. The zero-order chi connectivity index (χ0) is 8.23. The SMILES string of the molecule is c1noc(CCNC2CNC2)n1. The lowest BCUT2D eigenvalue weighted by molar-refractivity contribution is 0.346. The third kappa shape index (κ3) is 1.80. The Hall–Kier alpha value is -0.940. The fourth-order valence-electron chi connectivity index (χ4n) is 1.12. The highest BCUT2D eigenvalue weighted by Crippen LogP contribution is 1.93. The van der Waals surface area contributed by atoms with Crippen molar-refractivity contribution in [2.24, 2.45) is 0 Å². The molecule has 5 heteroatoms. The van der Waals surface area contributed by atoms with Gasteiger partial charge in [0.25, 0.3) is 0 Å². The fourth-order valence-corrected chi connectivity index (χ4v) is 1.12. The van der Waals surface area contributed by atoms with Gasteiger partial charge in [-0.15, -0.1) is 0 Å². The molecule has 0 aliphatic carbocycles. The van der Waals surface area contributed by atoms with Crippen LogP contribution in [0.25, 0.3) is 0 Å². The monoisotopic (exact) mass is 168 g/mol. The summed E-state index contributed by atoms with van der Waals surface area (Å²) in [7, 11) is 0. The fraction of sp³-hybridized carbons (Fsp3) is 0.714. The zero-order valence-electron chi connectivity index (χ0n) is 6.79. The maximum Gasteiger partial charge on any atom is 0.227 e. The van der Waals surface area contributed by atoms with E-state index in [-0.39, 0.29) is 0 Å². The summed E-state index contributed by atoms with van der Waals surface area (Å²) in [5.41, 5.74) is 0. The van der Waals surface area contributed by atoms with E-state index in [1.165, 1.54) is 6.33 Å². The number of hydrogen-bond donors (Lipinski definition) is 2. The second-order valence-electron chi connectivity index (χ2n) is 2.89. The van der Waals surface area contributed by atoms with Gasteiger partial charge in [0.15, 0.2) is 6.33 Å². The minimum absolute atomic E-state index is 0.632. The summed E-state index contributed by atoms with van der Waals surface area (Å²) in [5.74, 6) is 0.704. The van der Waals surface area contributed by atoms with Gasteiger partial charge in [-0.05, 0) is 0 Å². The summed E-state index contributed by atoms with van der Waals surface area (Å²) < 4.78 is 4.85. The van der Waals surface area contributed by atoms with Crippen LogP contribution in [0.4, 0.5) is 0 Å². The van der Waals surface area contributed by atoms with Gasteiger partial charge in [0, 0.05) is 32.1 Å². The number of hydrogen-bond acceptors (Lipinski definition) is 5. The summed E-state index contributed by atoms with van der Waals surface area (Å²) in [6.07, 6.45) is 2.25. The predicted octanol–water partition coefficient (Wildman–Crippen LogP) is -0.827. The van der Waals surface area contributed by atoms with Gasteiger partial charge < -0.3 is 15.2 Å². The van der Waals surface area contributed by atoms with Gasteiger partial charge in [0.1, 0.15) is 0 Å². The van der Waals surface area contributed by atoms with Crippen molar-refractivity contribution in [2.45, 2.75) is 12.5 Å². The maximum atomic E-state index is 4.85. The minimum Gasteiger partial charge on any atom is -0.340 e. The van der Waals surface area contributed by atoms with Crippen LogP contribution in [0.2, 0.25) is 0 Å². The standard InChI is InChI=1S/C7H12N4O/c1(7-10-5-11-12-7)2-9-6-3-8-4-6/h5-6,8-9H,1-4H2. The summed E-state index contributed by atoms with van der Waals surface area (Å²) in [6, 6.07) is 0.632. The molecular weight excluding hydrogens is 156 g/mol. The van der Waals surface area contributed by atoms with E-state index in [1.807, 2.05) is 0 Å². The van der Waals surface area contributed by atoms with Crippen LogP contribution in [0.1, 0.15) is 5.89 Å². The lowest BCUT2D eigenvalue weighted by Gasteiger charge is -2.27. The Morgan fingerprint density at radius 3 is 3.17 bits per heavy atom. The zero-order valence-corrected chi connectivity index (χ0v) is 6.79. The van der Waals surface area contributed by atoms with Crippen molar-refractivity contribution in [3.63, 3.8) is 0 Å². The first-order valence-corrected chi connectivity index (χ1v) is 4.15. The van der Waals surface area contributed by atoms with Gasteiger partial charge >= 0.3 is 0 Å². The Morgan fingerprint density at radius 1 is 1.67 bits per heavy atom. The van der Waals surface area contributed by atoms with E-state index in [1.54, 1.807) is 0 Å². The molecule has 0 aromatic carbocycles. The minimum atomic E-state index is 0.632. The first-order valence-electron chi connectivity index (χ1n) is 4.15. The molecule has 12 heavy (non-hydrogen) atoms. The first-order chi connectivity index (χ1) is 5.95. The molecule has 1 fully saturated rings. The van der Waals surface area contributed by atoms with Gasteiger partial charge in [-0.3, -0.25) is 0 Å². The molecule has 2 rings (SSSR count). The van der Waals surface area contributed by atoms with Crippen LogP contribution in [0.15, 0.2) is 10.9 Å². The number of nitrogens with zero attached hydrogens (tertiary/aromatic N) is 2. The van der Waals surface area contributed by atoms with Crippen molar-refractivity contribution >= 4 is 0 Å².